The number of amides is 1. The highest BCUT2D eigenvalue weighted by Crippen LogP contribution is 2.14. The maximum absolute atomic E-state index is 10.9. The summed E-state index contributed by atoms with van der Waals surface area (Å²) in [6, 6.07) is 0. The second kappa shape index (κ2) is 9.09. The fourth-order valence-corrected chi connectivity index (χ4v) is 1.14. The van der Waals surface area contributed by atoms with Gasteiger partial charge in [-0.1, -0.05) is 13.8 Å². The van der Waals surface area contributed by atoms with Crippen molar-refractivity contribution in [3.8, 4) is 0 Å². The number of aliphatic hydroxyl groups is 1. The zero-order valence-electron chi connectivity index (χ0n) is 11.1. The Morgan fingerprint density at radius 2 is 1.76 bits per heavy atom. The van der Waals surface area contributed by atoms with Crippen LogP contribution in [0.5, 0.6) is 0 Å². The van der Waals surface area contributed by atoms with Crippen LogP contribution in [-0.4, -0.2) is 33.9 Å². The number of rotatable bonds is 6. The minimum Gasteiger partial charge on any atom is -0.366 e. The Kier molecular flexibility index (Phi) is 9.83. The molecule has 6 heteroatoms. The van der Waals surface area contributed by atoms with E-state index in [1.165, 1.54) is 26.3 Å². The summed E-state index contributed by atoms with van der Waals surface area (Å²) in [6.45, 7) is 8.16. The van der Waals surface area contributed by atoms with Gasteiger partial charge in [0.1, 0.15) is 5.78 Å². The highest BCUT2D eigenvalue weighted by molar-refractivity contribution is 5.79. The molecular formula is C11H23NO5. The second-order valence-corrected chi connectivity index (χ2v) is 3.83. The van der Waals surface area contributed by atoms with Crippen molar-refractivity contribution in [2.75, 3.05) is 0 Å². The van der Waals surface area contributed by atoms with E-state index in [9.17, 15) is 14.7 Å². The lowest BCUT2D eigenvalue weighted by molar-refractivity contribution is -0.207. The third-order valence-electron chi connectivity index (χ3n) is 1.51. The van der Waals surface area contributed by atoms with Gasteiger partial charge in [-0.25, -0.2) is 5.48 Å². The van der Waals surface area contributed by atoms with E-state index in [2.05, 4.69) is 0 Å². The maximum Gasteiger partial charge on any atom is 0.245 e. The van der Waals surface area contributed by atoms with Crippen LogP contribution in [0.15, 0.2) is 0 Å². The molecular weight excluding hydrogens is 226 g/mol. The van der Waals surface area contributed by atoms with Gasteiger partial charge in [0.2, 0.25) is 5.91 Å². The van der Waals surface area contributed by atoms with E-state index in [0.29, 0.717) is 0 Å². The first kappa shape index (κ1) is 18.4. The molecule has 1 amide bonds. The molecule has 0 heterocycles. The van der Waals surface area contributed by atoms with Gasteiger partial charge in [-0.05, 0) is 20.8 Å². The SMILES string of the molecule is CC.CC(=O)CC(CC(=O)NO)OC(C)(C)O. The summed E-state index contributed by atoms with van der Waals surface area (Å²) in [5, 5.41) is 17.7. The molecule has 0 radical (unpaired) electrons. The molecule has 0 aliphatic heterocycles. The standard InChI is InChI=1S/C9H17NO5.C2H6/c1-6(11)4-7(5-8(12)10-14)15-9(2,3)13;1-2/h7,13-14H,4-5H2,1-3H3,(H,10,12);1-2H3. The van der Waals surface area contributed by atoms with Crippen LogP contribution in [0.25, 0.3) is 0 Å². The first-order valence-electron chi connectivity index (χ1n) is 5.57. The zero-order chi connectivity index (χ0) is 14.1. The van der Waals surface area contributed by atoms with Crippen LogP contribution in [0.1, 0.15) is 47.5 Å². The minimum atomic E-state index is -1.42. The molecule has 0 fully saturated rings. The Hall–Kier alpha value is -0.980. The third-order valence-corrected chi connectivity index (χ3v) is 1.51. The van der Waals surface area contributed by atoms with Gasteiger partial charge in [-0.15, -0.1) is 0 Å². The number of carbonyl (C=O) groups excluding carboxylic acids is 2. The molecule has 0 aromatic heterocycles. The molecule has 3 N–H and O–H groups in total. The molecule has 0 bridgehead atoms. The lowest BCUT2D eigenvalue weighted by atomic mass is 10.1. The zero-order valence-corrected chi connectivity index (χ0v) is 11.1. The number of ether oxygens (including phenoxy) is 1. The van der Waals surface area contributed by atoms with Crippen LogP contribution in [0.3, 0.4) is 0 Å². The molecule has 0 aliphatic carbocycles. The molecule has 0 rings (SSSR count). The van der Waals surface area contributed by atoms with Crippen molar-refractivity contribution in [2.45, 2.75) is 59.4 Å². The molecule has 1 unspecified atom stereocenters. The van der Waals surface area contributed by atoms with E-state index in [0.717, 1.165) is 0 Å². The van der Waals surface area contributed by atoms with Crippen molar-refractivity contribution in [3.63, 3.8) is 0 Å². The van der Waals surface area contributed by atoms with Gasteiger partial charge in [-0.2, -0.15) is 0 Å². The topological polar surface area (TPSA) is 95.9 Å². The fourth-order valence-electron chi connectivity index (χ4n) is 1.14. The van der Waals surface area contributed by atoms with Crippen LogP contribution < -0.4 is 5.48 Å². The van der Waals surface area contributed by atoms with Crippen LogP contribution in [0.2, 0.25) is 0 Å². The largest absolute Gasteiger partial charge is 0.366 e. The van der Waals surface area contributed by atoms with Crippen molar-refractivity contribution in [2.24, 2.45) is 0 Å². The van der Waals surface area contributed by atoms with Crippen molar-refractivity contribution in [1.82, 2.24) is 5.48 Å². The van der Waals surface area contributed by atoms with Gasteiger partial charge >= 0.3 is 0 Å². The van der Waals surface area contributed by atoms with E-state index in [1.807, 2.05) is 13.8 Å². The second-order valence-electron chi connectivity index (χ2n) is 3.83. The maximum atomic E-state index is 10.9. The summed E-state index contributed by atoms with van der Waals surface area (Å²) in [5.74, 6) is -2.24. The number of carbonyl (C=O) groups is 2. The van der Waals surface area contributed by atoms with Gasteiger partial charge in [0.15, 0.2) is 5.79 Å². The van der Waals surface area contributed by atoms with Crippen molar-refractivity contribution < 1.29 is 24.6 Å². The molecule has 0 aromatic carbocycles. The van der Waals surface area contributed by atoms with E-state index in [-0.39, 0.29) is 18.6 Å². The van der Waals surface area contributed by atoms with Crippen LogP contribution in [0.4, 0.5) is 0 Å². The van der Waals surface area contributed by atoms with Gasteiger partial charge in [0.05, 0.1) is 12.5 Å². The molecule has 0 aliphatic rings. The number of hydroxylamine groups is 1. The summed E-state index contributed by atoms with van der Waals surface area (Å²) in [4.78, 5) is 21.7. The summed E-state index contributed by atoms with van der Waals surface area (Å²) < 4.78 is 5.08. The predicted molar refractivity (Wildman–Crippen MR) is 62.4 cm³/mol. The fraction of sp³-hybridized carbons (Fsp3) is 0.818. The van der Waals surface area contributed by atoms with E-state index < -0.39 is 17.8 Å². The van der Waals surface area contributed by atoms with Crippen LogP contribution in [0, 0.1) is 0 Å². The van der Waals surface area contributed by atoms with Crippen molar-refractivity contribution in [3.05, 3.63) is 0 Å². The van der Waals surface area contributed by atoms with Gasteiger partial charge in [-0.3, -0.25) is 14.8 Å². The average molecular weight is 249 g/mol. The first-order chi connectivity index (χ1) is 7.74. The number of nitrogens with one attached hydrogen (secondary N) is 1. The smallest absolute Gasteiger partial charge is 0.245 e. The van der Waals surface area contributed by atoms with E-state index >= 15 is 0 Å². The van der Waals surface area contributed by atoms with Crippen molar-refractivity contribution in [1.29, 1.82) is 0 Å². The molecule has 0 saturated carbocycles. The highest BCUT2D eigenvalue weighted by Gasteiger charge is 2.23. The normalized spacial score (nSPS) is 12.2. The first-order valence-corrected chi connectivity index (χ1v) is 5.57. The van der Waals surface area contributed by atoms with Gasteiger partial charge in [0, 0.05) is 6.42 Å². The molecule has 1 atom stereocenters. The van der Waals surface area contributed by atoms with E-state index in [4.69, 9.17) is 9.94 Å². The van der Waals surface area contributed by atoms with Crippen LogP contribution >= 0.6 is 0 Å². The predicted octanol–water partition coefficient (Wildman–Crippen LogP) is 1.00. The lowest BCUT2D eigenvalue weighted by Crippen LogP contribution is -2.35. The van der Waals surface area contributed by atoms with Gasteiger partial charge < -0.3 is 9.84 Å². The number of hydrogen-bond acceptors (Lipinski definition) is 5. The molecule has 0 aromatic rings. The summed E-state index contributed by atoms with van der Waals surface area (Å²) >= 11 is 0. The third kappa shape index (κ3) is 13.0. The Morgan fingerprint density at radius 3 is 2.06 bits per heavy atom. The van der Waals surface area contributed by atoms with Gasteiger partial charge in [0.25, 0.3) is 0 Å². The molecule has 6 nitrogen and oxygen atoms in total. The number of hydrogen-bond donors (Lipinski definition) is 3. The van der Waals surface area contributed by atoms with Crippen molar-refractivity contribution >= 4 is 11.7 Å². The Labute approximate surface area is 102 Å². The number of Topliss-reactive ketones (excluding diaryl/α,β-unsaturated/α-hetero) is 1. The molecule has 17 heavy (non-hydrogen) atoms. The Morgan fingerprint density at radius 1 is 1.29 bits per heavy atom. The number of ketones is 1. The average Bonchev–Trinajstić information content (AvgIpc) is 2.16. The quantitative estimate of drug-likeness (QED) is 0.371. The minimum absolute atomic E-state index is 0.0113. The van der Waals surface area contributed by atoms with Crippen LogP contribution in [-0.2, 0) is 14.3 Å². The molecule has 0 spiro atoms. The molecule has 0 saturated heterocycles. The highest BCUT2D eigenvalue weighted by atomic mass is 16.6. The summed E-state index contributed by atoms with van der Waals surface area (Å²) in [7, 11) is 0. The Balaban J connectivity index is 0. The Bertz CT molecular complexity index is 235. The summed E-state index contributed by atoms with van der Waals surface area (Å²) in [6.07, 6.45) is -0.910. The van der Waals surface area contributed by atoms with E-state index in [1.54, 1.807) is 0 Å². The molecule has 102 valence electrons. The lowest BCUT2D eigenvalue weighted by Gasteiger charge is -2.25. The summed E-state index contributed by atoms with van der Waals surface area (Å²) in [5.41, 5.74) is 1.44. The monoisotopic (exact) mass is 249 g/mol.